The zero-order chi connectivity index (χ0) is 21.5. The molecule has 0 spiro atoms. The summed E-state index contributed by atoms with van der Waals surface area (Å²) in [4.78, 5) is 26.8. The monoisotopic (exact) mass is 420 g/mol. The Morgan fingerprint density at radius 2 is 1.47 bits per heavy atom. The van der Waals surface area contributed by atoms with Crippen molar-refractivity contribution >= 4 is 23.4 Å². The molecule has 1 unspecified atom stereocenters. The molecule has 1 N–H and O–H groups in total. The van der Waals surface area contributed by atoms with Gasteiger partial charge >= 0.3 is 0 Å². The van der Waals surface area contributed by atoms with Gasteiger partial charge in [0, 0.05) is 17.6 Å². The molecule has 0 fully saturated rings. The van der Waals surface area contributed by atoms with Gasteiger partial charge in [0.05, 0.1) is 12.6 Å². The number of hydrogen-bond acceptors (Lipinski definition) is 2. The number of nitrogens with one attached hydrogen (secondary N) is 1. The molecule has 154 valence electrons. The molecule has 1 atom stereocenters. The van der Waals surface area contributed by atoms with Crippen LogP contribution in [0, 0.1) is 0 Å². The highest BCUT2D eigenvalue weighted by atomic mass is 35.5. The van der Waals surface area contributed by atoms with Crippen LogP contribution in [0.15, 0.2) is 78.9 Å². The zero-order valence-electron chi connectivity index (χ0n) is 17.1. The first-order valence-electron chi connectivity index (χ1n) is 9.94. The summed E-state index contributed by atoms with van der Waals surface area (Å²) in [6.07, 6.45) is 0.798. The van der Waals surface area contributed by atoms with Crippen LogP contribution in [0.3, 0.4) is 0 Å². The molecule has 0 radical (unpaired) electrons. The number of amides is 2. The molecule has 0 aliphatic carbocycles. The van der Waals surface area contributed by atoms with Crippen molar-refractivity contribution < 1.29 is 9.59 Å². The maximum absolute atomic E-state index is 12.6. The van der Waals surface area contributed by atoms with Gasteiger partial charge in [0.15, 0.2) is 0 Å². The van der Waals surface area contributed by atoms with Gasteiger partial charge in [0.1, 0.15) is 0 Å². The SMILES string of the molecule is CCC(c1ccccc1)N(C)C(=O)CNC(=O)c1ccc(-c2ccc(Cl)cc2)cc1. The minimum absolute atomic E-state index is 0.0192. The lowest BCUT2D eigenvalue weighted by atomic mass is 10.0. The van der Waals surface area contributed by atoms with E-state index in [2.05, 4.69) is 5.32 Å². The molecule has 3 rings (SSSR count). The molecule has 0 saturated heterocycles. The summed E-state index contributed by atoms with van der Waals surface area (Å²) < 4.78 is 0. The third kappa shape index (κ3) is 5.28. The molecule has 0 bridgehead atoms. The fourth-order valence-electron chi connectivity index (χ4n) is 3.42. The Bertz CT molecular complexity index is 986. The van der Waals surface area contributed by atoms with E-state index in [9.17, 15) is 9.59 Å². The third-order valence-electron chi connectivity index (χ3n) is 5.16. The van der Waals surface area contributed by atoms with Crippen LogP contribution < -0.4 is 5.32 Å². The maximum Gasteiger partial charge on any atom is 0.251 e. The van der Waals surface area contributed by atoms with Crippen LogP contribution in [-0.4, -0.2) is 30.3 Å². The molecule has 0 saturated carbocycles. The van der Waals surface area contributed by atoms with Crippen LogP contribution in [-0.2, 0) is 4.79 Å². The maximum atomic E-state index is 12.6. The summed E-state index contributed by atoms with van der Waals surface area (Å²) in [5.74, 6) is -0.399. The Morgan fingerprint density at radius 1 is 0.900 bits per heavy atom. The highest BCUT2D eigenvalue weighted by Crippen LogP contribution is 2.23. The number of halogens is 1. The minimum Gasteiger partial charge on any atom is -0.343 e. The summed E-state index contributed by atoms with van der Waals surface area (Å²) in [6, 6.07) is 24.7. The van der Waals surface area contributed by atoms with Gasteiger partial charge in [-0.2, -0.15) is 0 Å². The first kappa shape index (κ1) is 21.6. The van der Waals surface area contributed by atoms with Gasteiger partial charge in [0.25, 0.3) is 5.91 Å². The van der Waals surface area contributed by atoms with Gasteiger partial charge in [-0.3, -0.25) is 9.59 Å². The second-order valence-electron chi connectivity index (χ2n) is 7.11. The first-order valence-corrected chi connectivity index (χ1v) is 10.3. The summed E-state index contributed by atoms with van der Waals surface area (Å²) in [6.45, 7) is 2.00. The van der Waals surface area contributed by atoms with Crippen molar-refractivity contribution in [3.63, 3.8) is 0 Å². The quantitative estimate of drug-likeness (QED) is 0.560. The van der Waals surface area contributed by atoms with Gasteiger partial charge in [-0.15, -0.1) is 0 Å². The number of hydrogen-bond donors (Lipinski definition) is 1. The van der Waals surface area contributed by atoms with E-state index in [1.54, 1.807) is 24.1 Å². The van der Waals surface area contributed by atoms with Gasteiger partial charge < -0.3 is 10.2 Å². The van der Waals surface area contributed by atoms with Crippen LogP contribution in [0.2, 0.25) is 5.02 Å². The standard InChI is InChI=1S/C25H25ClN2O2/c1-3-23(20-7-5-4-6-8-20)28(2)24(29)17-27-25(30)21-11-9-18(10-12-21)19-13-15-22(26)16-14-19/h4-16,23H,3,17H2,1-2H3,(H,27,30). The van der Waals surface area contributed by atoms with Gasteiger partial charge in [-0.25, -0.2) is 0 Å². The predicted molar refractivity (Wildman–Crippen MR) is 121 cm³/mol. The third-order valence-corrected chi connectivity index (χ3v) is 5.41. The predicted octanol–water partition coefficient (Wildman–Crippen LogP) is 5.35. The van der Waals surface area contributed by atoms with Crippen molar-refractivity contribution in [2.75, 3.05) is 13.6 Å². The Kier molecular flexibility index (Phi) is 7.26. The highest BCUT2D eigenvalue weighted by Gasteiger charge is 2.20. The fourth-order valence-corrected chi connectivity index (χ4v) is 3.55. The molecule has 3 aromatic carbocycles. The van der Waals surface area contributed by atoms with E-state index in [0.717, 1.165) is 23.1 Å². The van der Waals surface area contributed by atoms with Gasteiger partial charge in [-0.1, -0.05) is 73.1 Å². The second kappa shape index (κ2) is 10.1. The Labute approximate surface area is 182 Å². The molecule has 5 heteroatoms. The van der Waals surface area contributed by atoms with Crippen LogP contribution >= 0.6 is 11.6 Å². The van der Waals surface area contributed by atoms with Crippen LogP contribution in [0.4, 0.5) is 0 Å². The van der Waals surface area contributed by atoms with Crippen molar-refractivity contribution in [1.82, 2.24) is 10.2 Å². The van der Waals surface area contributed by atoms with Crippen LogP contribution in [0.1, 0.15) is 35.3 Å². The number of nitrogens with zero attached hydrogens (tertiary/aromatic N) is 1. The normalized spacial score (nSPS) is 11.6. The zero-order valence-corrected chi connectivity index (χ0v) is 17.9. The molecular formula is C25H25ClN2O2. The van der Waals surface area contributed by atoms with E-state index in [1.807, 2.05) is 73.7 Å². The summed E-state index contributed by atoms with van der Waals surface area (Å²) in [5, 5.41) is 3.41. The lowest BCUT2D eigenvalue weighted by Crippen LogP contribution is -2.39. The van der Waals surface area contributed by atoms with Crippen molar-refractivity contribution in [1.29, 1.82) is 0 Å². The average Bonchev–Trinajstić information content (AvgIpc) is 2.79. The van der Waals surface area contributed by atoms with E-state index >= 15 is 0 Å². The average molecular weight is 421 g/mol. The van der Waals surface area contributed by atoms with E-state index in [0.29, 0.717) is 10.6 Å². The largest absolute Gasteiger partial charge is 0.343 e. The summed E-state index contributed by atoms with van der Waals surface area (Å²) in [5.41, 5.74) is 3.61. The number of benzene rings is 3. The second-order valence-corrected chi connectivity index (χ2v) is 7.54. The molecular weight excluding hydrogens is 396 g/mol. The molecule has 0 aliphatic heterocycles. The van der Waals surface area contributed by atoms with E-state index in [1.165, 1.54) is 0 Å². The number of likely N-dealkylation sites (N-methyl/N-ethyl adjacent to an activating group) is 1. The number of rotatable bonds is 7. The first-order chi connectivity index (χ1) is 14.5. The molecule has 2 amide bonds. The van der Waals surface area contributed by atoms with Gasteiger partial charge in [-0.05, 0) is 47.4 Å². The highest BCUT2D eigenvalue weighted by molar-refractivity contribution is 6.30. The van der Waals surface area contributed by atoms with Crippen LogP contribution in [0.5, 0.6) is 0 Å². The molecule has 30 heavy (non-hydrogen) atoms. The molecule has 3 aromatic rings. The lowest BCUT2D eigenvalue weighted by molar-refractivity contribution is -0.131. The van der Waals surface area contributed by atoms with E-state index in [4.69, 9.17) is 11.6 Å². The molecule has 0 aromatic heterocycles. The van der Waals surface area contributed by atoms with E-state index in [-0.39, 0.29) is 24.4 Å². The molecule has 0 heterocycles. The van der Waals surface area contributed by atoms with Gasteiger partial charge in [0.2, 0.25) is 5.91 Å². The number of carbonyl (C=O) groups excluding carboxylic acids is 2. The fraction of sp³-hybridized carbons (Fsp3) is 0.200. The van der Waals surface area contributed by atoms with Crippen molar-refractivity contribution in [2.45, 2.75) is 19.4 Å². The smallest absolute Gasteiger partial charge is 0.251 e. The van der Waals surface area contributed by atoms with Crippen LogP contribution in [0.25, 0.3) is 11.1 Å². The summed E-state index contributed by atoms with van der Waals surface area (Å²) in [7, 11) is 1.77. The summed E-state index contributed by atoms with van der Waals surface area (Å²) >= 11 is 5.93. The van der Waals surface area contributed by atoms with Crippen molar-refractivity contribution in [2.24, 2.45) is 0 Å². The Hall–Kier alpha value is -3.11. The van der Waals surface area contributed by atoms with E-state index < -0.39 is 0 Å². The number of carbonyl (C=O) groups is 2. The molecule has 4 nitrogen and oxygen atoms in total. The minimum atomic E-state index is -0.271. The Balaban J connectivity index is 1.59. The van der Waals surface area contributed by atoms with Crippen molar-refractivity contribution in [3.8, 4) is 11.1 Å². The lowest BCUT2D eigenvalue weighted by Gasteiger charge is -2.28. The topological polar surface area (TPSA) is 49.4 Å². The Morgan fingerprint density at radius 3 is 2.03 bits per heavy atom. The molecule has 0 aliphatic rings. The van der Waals surface area contributed by atoms with Crippen molar-refractivity contribution in [3.05, 3.63) is 95.0 Å².